The molecule has 0 bridgehead atoms. The number of sulfone groups is 1. The topological polar surface area (TPSA) is 34.1 Å². The van der Waals surface area contributed by atoms with E-state index in [4.69, 9.17) is 0 Å². The summed E-state index contributed by atoms with van der Waals surface area (Å²) in [4.78, 5) is 3.88. The van der Waals surface area contributed by atoms with Crippen molar-refractivity contribution in [2.24, 2.45) is 0 Å². The van der Waals surface area contributed by atoms with Crippen LogP contribution in [0.1, 0.15) is 0 Å². The Morgan fingerprint density at radius 2 is 1.19 bits per heavy atom. The Labute approximate surface area is 98.2 Å². The average Bonchev–Trinajstić information content (AvgIpc) is 3.18. The molecule has 2 heterocycles. The minimum Gasteiger partial charge on any atom is -0.218 e. The maximum absolute atomic E-state index is 10.7. The van der Waals surface area contributed by atoms with Crippen LogP contribution in [-0.2, 0) is 9.84 Å². The SMILES string of the molecule is O=S1(=O)c2ccccc21.c1ccc2c(c1)S2. The van der Waals surface area contributed by atoms with E-state index in [-0.39, 0.29) is 0 Å². The van der Waals surface area contributed by atoms with Crippen molar-refractivity contribution in [2.75, 3.05) is 0 Å². The number of fused-ring (bicyclic) bond motifs is 2. The van der Waals surface area contributed by atoms with Crippen molar-refractivity contribution in [3.8, 4) is 0 Å². The molecule has 0 amide bonds. The zero-order valence-electron chi connectivity index (χ0n) is 8.25. The predicted octanol–water partition coefficient (Wildman–Crippen LogP) is 2.98. The first-order chi connectivity index (χ1) is 7.69. The summed E-state index contributed by atoms with van der Waals surface area (Å²) in [6.07, 6.45) is 0. The fourth-order valence-corrected chi connectivity index (χ4v) is 3.38. The van der Waals surface area contributed by atoms with Gasteiger partial charge in [0.05, 0.1) is 9.79 Å². The van der Waals surface area contributed by atoms with Gasteiger partial charge in [-0.3, -0.25) is 0 Å². The lowest BCUT2D eigenvalue weighted by Gasteiger charge is -1.66. The standard InChI is InChI=1S/C6H4O2S.C6H4S/c7-9(8)5-3-1-2-4-6(5)9;1-2-4-6-5(3-1)7-6/h1-4H;1-4H. The average molecular weight is 248 g/mol. The van der Waals surface area contributed by atoms with Gasteiger partial charge >= 0.3 is 0 Å². The summed E-state index contributed by atoms with van der Waals surface area (Å²) in [5.74, 6) is 0. The van der Waals surface area contributed by atoms with Gasteiger partial charge in [0.15, 0.2) is 0 Å². The second-order valence-corrected chi connectivity index (χ2v) is 6.47. The van der Waals surface area contributed by atoms with E-state index < -0.39 is 9.84 Å². The van der Waals surface area contributed by atoms with Crippen LogP contribution >= 0.6 is 11.8 Å². The number of hydrogen-bond acceptors (Lipinski definition) is 3. The Morgan fingerprint density at radius 3 is 1.56 bits per heavy atom. The van der Waals surface area contributed by atoms with Crippen LogP contribution in [-0.4, -0.2) is 8.42 Å². The van der Waals surface area contributed by atoms with E-state index in [1.54, 1.807) is 24.3 Å². The van der Waals surface area contributed by atoms with Crippen molar-refractivity contribution >= 4 is 21.6 Å². The maximum Gasteiger partial charge on any atom is 0.209 e. The molecule has 0 saturated carbocycles. The molecule has 16 heavy (non-hydrogen) atoms. The number of hydrogen-bond donors (Lipinski definition) is 0. The van der Waals surface area contributed by atoms with Gasteiger partial charge in [0, 0.05) is 9.79 Å². The lowest BCUT2D eigenvalue weighted by molar-refractivity contribution is 0.612. The van der Waals surface area contributed by atoms with Gasteiger partial charge in [-0.05, 0) is 24.3 Å². The van der Waals surface area contributed by atoms with Crippen molar-refractivity contribution in [2.45, 2.75) is 19.6 Å². The Morgan fingerprint density at radius 1 is 0.750 bits per heavy atom. The van der Waals surface area contributed by atoms with E-state index >= 15 is 0 Å². The zero-order chi connectivity index (χ0) is 11.2. The smallest absolute Gasteiger partial charge is 0.209 e. The molecule has 0 atom stereocenters. The highest BCUT2D eigenvalue weighted by Gasteiger charge is 2.37. The van der Waals surface area contributed by atoms with Crippen LogP contribution in [0, 0.1) is 0 Å². The van der Waals surface area contributed by atoms with Crippen molar-refractivity contribution in [3.05, 3.63) is 48.5 Å². The second-order valence-electron chi connectivity index (χ2n) is 3.50. The van der Waals surface area contributed by atoms with E-state index in [0.717, 1.165) is 0 Å². The summed E-state index contributed by atoms with van der Waals surface area (Å²) in [7, 11) is -2.88. The van der Waals surface area contributed by atoms with Crippen LogP contribution < -0.4 is 0 Å². The van der Waals surface area contributed by atoms with Crippen LogP contribution in [0.25, 0.3) is 0 Å². The van der Waals surface area contributed by atoms with Crippen molar-refractivity contribution in [3.63, 3.8) is 0 Å². The highest BCUT2D eigenvalue weighted by molar-refractivity contribution is 8.05. The summed E-state index contributed by atoms with van der Waals surface area (Å²) >= 11 is 1.86. The molecule has 0 spiro atoms. The summed E-state index contributed by atoms with van der Waals surface area (Å²) in [6.45, 7) is 0. The summed E-state index contributed by atoms with van der Waals surface area (Å²) in [5, 5.41) is 0. The molecule has 0 aromatic heterocycles. The molecular weight excluding hydrogens is 240 g/mol. The molecule has 4 rings (SSSR count). The largest absolute Gasteiger partial charge is 0.218 e. The van der Waals surface area contributed by atoms with Crippen LogP contribution in [0.5, 0.6) is 0 Å². The molecule has 0 fully saturated rings. The van der Waals surface area contributed by atoms with Gasteiger partial charge in [-0.25, -0.2) is 8.42 Å². The molecule has 2 nitrogen and oxygen atoms in total. The molecule has 80 valence electrons. The first-order valence-electron chi connectivity index (χ1n) is 4.80. The third kappa shape index (κ3) is 1.64. The van der Waals surface area contributed by atoms with Crippen LogP contribution in [0.15, 0.2) is 68.1 Å². The Hall–Kier alpha value is -1.26. The molecule has 0 N–H and O–H groups in total. The quantitative estimate of drug-likeness (QED) is 0.449. The Kier molecular flexibility index (Phi) is 2.09. The fraction of sp³-hybridized carbons (Fsp3) is 0. The number of benzene rings is 2. The molecule has 0 aliphatic carbocycles. The predicted molar refractivity (Wildman–Crippen MR) is 62.5 cm³/mol. The van der Waals surface area contributed by atoms with Crippen molar-refractivity contribution < 1.29 is 8.42 Å². The Balaban J connectivity index is 0.000000104. The molecule has 2 aliphatic heterocycles. The van der Waals surface area contributed by atoms with Gasteiger partial charge in [-0.15, -0.1) is 0 Å². The molecule has 0 radical (unpaired) electrons. The van der Waals surface area contributed by atoms with Gasteiger partial charge in [-0.1, -0.05) is 36.0 Å². The van der Waals surface area contributed by atoms with E-state index in [9.17, 15) is 8.42 Å². The normalized spacial score (nSPS) is 16.2. The molecule has 2 aliphatic rings. The first kappa shape index (κ1) is 9.93. The fourth-order valence-electron chi connectivity index (χ4n) is 1.46. The third-order valence-corrected chi connectivity index (χ3v) is 5.03. The molecule has 2 aromatic carbocycles. The highest BCUT2D eigenvalue weighted by atomic mass is 32.2. The van der Waals surface area contributed by atoms with Crippen LogP contribution in [0.3, 0.4) is 0 Å². The van der Waals surface area contributed by atoms with E-state index in [2.05, 4.69) is 24.3 Å². The minimum absolute atomic E-state index is 0.491. The van der Waals surface area contributed by atoms with Gasteiger partial charge in [0.1, 0.15) is 0 Å². The first-order valence-corrected chi connectivity index (χ1v) is 7.10. The van der Waals surface area contributed by atoms with E-state index in [1.165, 1.54) is 9.79 Å². The zero-order valence-corrected chi connectivity index (χ0v) is 9.88. The van der Waals surface area contributed by atoms with E-state index in [1.807, 2.05) is 11.8 Å². The van der Waals surface area contributed by atoms with Gasteiger partial charge in [0.2, 0.25) is 9.84 Å². The lowest BCUT2D eigenvalue weighted by Crippen LogP contribution is -1.65. The summed E-state index contributed by atoms with van der Waals surface area (Å²) < 4.78 is 21.5. The van der Waals surface area contributed by atoms with Crippen molar-refractivity contribution in [1.82, 2.24) is 0 Å². The molecule has 0 saturated heterocycles. The van der Waals surface area contributed by atoms with Crippen LogP contribution in [0.2, 0.25) is 0 Å². The lowest BCUT2D eigenvalue weighted by atomic mass is 10.4. The minimum atomic E-state index is -2.88. The highest BCUT2D eigenvalue weighted by Crippen LogP contribution is 2.47. The van der Waals surface area contributed by atoms with Gasteiger partial charge in [0.25, 0.3) is 0 Å². The number of rotatable bonds is 0. The Bertz CT molecular complexity index is 610. The summed E-state index contributed by atoms with van der Waals surface area (Å²) in [6, 6.07) is 15.1. The van der Waals surface area contributed by atoms with E-state index in [0.29, 0.717) is 9.79 Å². The molecule has 0 unspecified atom stereocenters. The van der Waals surface area contributed by atoms with Crippen LogP contribution in [0.4, 0.5) is 0 Å². The maximum atomic E-state index is 10.7. The molecule has 2 aromatic rings. The second kappa shape index (κ2) is 3.37. The van der Waals surface area contributed by atoms with Gasteiger partial charge in [-0.2, -0.15) is 0 Å². The molecule has 4 heteroatoms. The molecular formula is C12H8O2S2. The monoisotopic (exact) mass is 248 g/mol. The van der Waals surface area contributed by atoms with Crippen molar-refractivity contribution in [1.29, 1.82) is 0 Å². The summed E-state index contributed by atoms with van der Waals surface area (Å²) in [5.41, 5.74) is 0. The van der Waals surface area contributed by atoms with Gasteiger partial charge < -0.3 is 0 Å². The third-order valence-electron chi connectivity index (χ3n) is 2.41.